The summed E-state index contributed by atoms with van der Waals surface area (Å²) in [4.78, 5) is 59.4. The Morgan fingerprint density at radius 1 is 1.18 bits per heavy atom. The third-order valence-electron chi connectivity index (χ3n) is 10.3. The van der Waals surface area contributed by atoms with Crippen molar-refractivity contribution in [3.63, 3.8) is 0 Å². The topological polar surface area (TPSA) is 193 Å². The summed E-state index contributed by atoms with van der Waals surface area (Å²) in [7, 11) is -3.36. The third-order valence-corrected chi connectivity index (χ3v) is 12.2. The van der Waals surface area contributed by atoms with Gasteiger partial charge in [-0.3, -0.25) is 14.4 Å². The van der Waals surface area contributed by atoms with E-state index in [1.165, 1.54) is 30.3 Å². The van der Waals surface area contributed by atoms with Gasteiger partial charge in [0.15, 0.2) is 11.6 Å². The number of amides is 4. The number of sulfonamides is 1. The lowest BCUT2D eigenvalue weighted by atomic mass is 9.88. The Bertz CT molecular complexity index is 1890. The van der Waals surface area contributed by atoms with Gasteiger partial charge >= 0.3 is 6.09 Å². The predicted molar refractivity (Wildman–Crippen MR) is 178 cm³/mol. The summed E-state index contributed by atoms with van der Waals surface area (Å²) in [6.45, 7) is 3.52. The molecule has 0 unspecified atom stereocenters. The maximum atomic E-state index is 14.7. The number of halogens is 2. The number of nitrogens with zero attached hydrogens (tertiary/aromatic N) is 2. The first-order valence-electron chi connectivity index (χ1n) is 16.9. The van der Waals surface area contributed by atoms with Gasteiger partial charge in [0.2, 0.25) is 22.7 Å². The van der Waals surface area contributed by atoms with Crippen LogP contribution in [0.2, 0.25) is 0 Å². The average Bonchev–Trinajstić information content (AvgIpc) is 3.95. The van der Waals surface area contributed by atoms with Crippen LogP contribution in [-0.2, 0) is 24.4 Å². The zero-order chi connectivity index (χ0) is 36.9. The molecule has 1 aromatic heterocycles. The van der Waals surface area contributed by atoms with Crippen LogP contribution in [0.5, 0.6) is 11.6 Å². The number of allylic oxidation sites excluding steroid dienone is 1. The summed E-state index contributed by atoms with van der Waals surface area (Å²) in [5, 5.41) is 13.0. The number of alkyl halides is 1. The van der Waals surface area contributed by atoms with Gasteiger partial charge < -0.3 is 30.1 Å². The van der Waals surface area contributed by atoms with E-state index < -0.39 is 80.2 Å². The number of nitrogens with one attached hydrogen (secondary N) is 3. The molecular weight excluding hydrogens is 692 g/mol. The normalized spacial score (nSPS) is 30.6. The van der Waals surface area contributed by atoms with Crippen molar-refractivity contribution in [2.45, 2.75) is 87.5 Å². The molecule has 0 radical (unpaired) electrons. The maximum absolute atomic E-state index is 14.7. The third kappa shape index (κ3) is 7.17. The second-order valence-corrected chi connectivity index (χ2v) is 16.1. The van der Waals surface area contributed by atoms with Crippen molar-refractivity contribution in [1.29, 1.82) is 0 Å². The first kappa shape index (κ1) is 36.3. The van der Waals surface area contributed by atoms with Crippen LogP contribution in [-0.4, -0.2) is 89.6 Å². The number of hydrogen-bond donors (Lipinski definition) is 4. The first-order valence-corrected chi connectivity index (χ1v) is 18.4. The molecule has 2 aromatic rings. The number of methoxy groups -OCH3 is 1. The van der Waals surface area contributed by atoms with Crippen LogP contribution in [0.1, 0.15) is 58.8 Å². The number of rotatable bonds is 7. The Kier molecular flexibility index (Phi) is 9.63. The lowest BCUT2D eigenvalue weighted by Gasteiger charge is -2.32. The van der Waals surface area contributed by atoms with Crippen molar-refractivity contribution < 1.29 is 51.0 Å². The maximum Gasteiger partial charge on any atom is 0.405 e. The van der Waals surface area contributed by atoms with Crippen LogP contribution >= 0.6 is 0 Å². The van der Waals surface area contributed by atoms with Crippen LogP contribution in [0, 0.1) is 23.6 Å². The van der Waals surface area contributed by atoms with Crippen LogP contribution < -0.4 is 24.8 Å². The Hall–Kier alpha value is -4.54. The van der Waals surface area contributed by atoms with Gasteiger partial charge in [-0.05, 0) is 61.1 Å². The Morgan fingerprint density at radius 3 is 2.61 bits per heavy atom. The largest absolute Gasteiger partial charge is 0.494 e. The highest BCUT2D eigenvalue weighted by molar-refractivity contribution is 7.91. The summed E-state index contributed by atoms with van der Waals surface area (Å²) in [5.41, 5.74) is -1.74. The molecule has 4 amide bonds. The summed E-state index contributed by atoms with van der Waals surface area (Å²) in [6, 6.07) is 1.75. The molecule has 14 nitrogen and oxygen atoms in total. The van der Waals surface area contributed by atoms with Crippen molar-refractivity contribution in [2.75, 3.05) is 13.7 Å². The molecule has 2 saturated carbocycles. The van der Waals surface area contributed by atoms with Crippen LogP contribution in [0.4, 0.5) is 13.6 Å². The highest BCUT2D eigenvalue weighted by Crippen LogP contribution is 2.48. The van der Waals surface area contributed by atoms with Crippen LogP contribution in [0.3, 0.4) is 0 Å². The monoisotopic (exact) mass is 733 g/mol. The van der Waals surface area contributed by atoms with Gasteiger partial charge in [0.1, 0.15) is 23.7 Å². The van der Waals surface area contributed by atoms with Crippen molar-refractivity contribution >= 4 is 44.6 Å². The van der Waals surface area contributed by atoms with Crippen molar-refractivity contribution in [3.8, 4) is 11.6 Å². The Balaban J connectivity index is 1.34. The molecule has 7 atom stereocenters. The molecule has 2 aliphatic carbocycles. The number of hydrogen-bond acceptors (Lipinski definition) is 9. The van der Waals surface area contributed by atoms with E-state index in [1.807, 2.05) is 17.7 Å². The number of benzene rings is 1. The van der Waals surface area contributed by atoms with Gasteiger partial charge in [-0.15, -0.1) is 0 Å². The first-order chi connectivity index (χ1) is 24.1. The average molecular weight is 734 g/mol. The molecular formula is C34H41F2N5O9S. The van der Waals surface area contributed by atoms with Gasteiger partial charge in [0.25, 0.3) is 15.9 Å². The molecule has 3 heterocycles. The van der Waals surface area contributed by atoms with E-state index >= 15 is 0 Å². The lowest BCUT2D eigenvalue weighted by molar-refractivity contribution is -0.142. The molecule has 6 rings (SSSR count). The van der Waals surface area contributed by atoms with Crippen LogP contribution in [0.25, 0.3) is 10.8 Å². The van der Waals surface area contributed by atoms with E-state index in [-0.39, 0.29) is 49.8 Å². The fourth-order valence-electron chi connectivity index (χ4n) is 7.18. The van der Waals surface area contributed by atoms with E-state index in [2.05, 4.69) is 15.6 Å². The summed E-state index contributed by atoms with van der Waals surface area (Å²) >= 11 is 0. The molecule has 276 valence electrons. The van der Waals surface area contributed by atoms with E-state index in [0.29, 0.717) is 30.0 Å². The Labute approximate surface area is 293 Å². The SMILES string of the molecule is COc1cc2ccnc(O[C@@H]3C[C@H]4C(=O)N[C@]5(C(=O)NS(=O)(=O)C6(F)CC6)C[C@H]5C=CCC[C@@H](C)C[C@@H](C)[C@H](NC(=O)O)C(=O)N4C3)c2cc1F. The molecule has 0 spiro atoms. The lowest BCUT2D eigenvalue weighted by Crippen LogP contribution is -2.59. The molecule has 4 N–H and O–H groups in total. The number of fused-ring (bicyclic) bond motifs is 3. The summed E-state index contributed by atoms with van der Waals surface area (Å²) < 4.78 is 67.9. The minimum Gasteiger partial charge on any atom is -0.494 e. The predicted octanol–water partition coefficient (Wildman–Crippen LogP) is 3.16. The quantitative estimate of drug-likeness (QED) is 0.307. The van der Waals surface area contributed by atoms with Gasteiger partial charge in [0, 0.05) is 36.8 Å². The zero-order valence-corrected chi connectivity index (χ0v) is 29.2. The zero-order valence-electron chi connectivity index (χ0n) is 28.4. The van der Waals surface area contributed by atoms with Gasteiger partial charge in [-0.2, -0.15) is 0 Å². The molecule has 3 fully saturated rings. The smallest absolute Gasteiger partial charge is 0.405 e. The fourth-order valence-corrected chi connectivity index (χ4v) is 8.42. The molecule has 1 saturated heterocycles. The summed E-state index contributed by atoms with van der Waals surface area (Å²) in [6.07, 6.45) is 3.76. The van der Waals surface area contributed by atoms with E-state index in [0.717, 1.165) is 0 Å². The minimum absolute atomic E-state index is 0.00639. The minimum atomic E-state index is -4.69. The molecule has 17 heteroatoms. The van der Waals surface area contributed by atoms with Crippen molar-refractivity contribution in [1.82, 2.24) is 25.2 Å². The standard InChI is InChI=1S/C34H41F2N5O9S/c1-18-6-4-5-7-21-16-34(21,31(44)40-51(47,48)33(36)9-10-33)39-28(42)25-14-22(17-41(25)30(43)27(19(2)12-18)38-32(45)46)50-29-23-15-24(35)26(49-3)13-20(23)8-11-37-29/h5,7-8,11,13,15,18-19,21-22,25,27,38H,4,6,9-10,12,14,16-17H2,1-3H3,(H,39,42)(H,40,44)(H,45,46)/t18-,19-,21-,22-,25+,27+,34-/m1/s1. The number of ether oxygens (including phenoxy) is 2. The van der Waals surface area contributed by atoms with Crippen molar-refractivity contribution in [2.24, 2.45) is 17.8 Å². The molecule has 0 bridgehead atoms. The van der Waals surface area contributed by atoms with Crippen molar-refractivity contribution in [3.05, 3.63) is 42.4 Å². The Morgan fingerprint density at radius 2 is 1.92 bits per heavy atom. The number of aromatic nitrogens is 1. The highest BCUT2D eigenvalue weighted by atomic mass is 32.2. The van der Waals surface area contributed by atoms with Gasteiger partial charge in [0.05, 0.1) is 13.7 Å². The van der Waals surface area contributed by atoms with E-state index in [1.54, 1.807) is 19.1 Å². The van der Waals surface area contributed by atoms with Crippen LogP contribution in [0.15, 0.2) is 36.5 Å². The molecule has 1 aromatic carbocycles. The number of carbonyl (C=O) groups excluding carboxylic acids is 3. The number of carboxylic acid groups (broad SMARTS) is 1. The molecule has 51 heavy (non-hydrogen) atoms. The highest BCUT2D eigenvalue weighted by Gasteiger charge is 2.64. The fraction of sp³-hybridized carbons (Fsp3) is 0.559. The second-order valence-electron chi connectivity index (χ2n) is 14.1. The summed E-state index contributed by atoms with van der Waals surface area (Å²) in [5.74, 6) is -4.28. The van der Waals surface area contributed by atoms with Gasteiger partial charge in [-0.25, -0.2) is 31.7 Å². The molecule has 2 aliphatic heterocycles. The van der Waals surface area contributed by atoms with Gasteiger partial charge in [-0.1, -0.05) is 26.0 Å². The number of carbonyl (C=O) groups is 4. The number of pyridine rings is 1. The van der Waals surface area contributed by atoms with E-state index in [4.69, 9.17) is 9.47 Å². The second kappa shape index (κ2) is 13.5. The van der Waals surface area contributed by atoms with E-state index in [9.17, 15) is 41.5 Å². The molecule has 4 aliphatic rings.